The number of nitrogens with one attached hydrogen (secondary N) is 1. The summed E-state index contributed by atoms with van der Waals surface area (Å²) < 4.78 is 22.7. The van der Waals surface area contributed by atoms with Crippen LogP contribution in [0.5, 0.6) is 0 Å². The van der Waals surface area contributed by atoms with Gasteiger partial charge >= 0.3 is 0 Å². The van der Waals surface area contributed by atoms with Gasteiger partial charge in [-0.15, -0.1) is 0 Å². The summed E-state index contributed by atoms with van der Waals surface area (Å²) in [5, 5.41) is 2.58. The third kappa shape index (κ3) is 7.78. The highest BCUT2D eigenvalue weighted by molar-refractivity contribution is 7.91. The fourth-order valence-corrected chi connectivity index (χ4v) is 2.67. The maximum absolute atomic E-state index is 11.8. The molecule has 1 aromatic carbocycles. The van der Waals surface area contributed by atoms with Gasteiger partial charge < -0.3 is 10.2 Å². The Morgan fingerprint density at radius 2 is 1.83 bits per heavy atom. The van der Waals surface area contributed by atoms with Crippen LogP contribution in [-0.4, -0.2) is 49.7 Å². The van der Waals surface area contributed by atoms with E-state index in [9.17, 15) is 18.0 Å². The average molecular weight is 340 g/mol. The summed E-state index contributed by atoms with van der Waals surface area (Å²) in [6.07, 6.45) is 0.151. The fourth-order valence-electron chi connectivity index (χ4n) is 1.97. The second kappa shape index (κ2) is 9.29. The van der Waals surface area contributed by atoms with Gasteiger partial charge in [0.25, 0.3) is 0 Å². The average Bonchev–Trinajstić information content (AvgIpc) is 2.52. The zero-order valence-electron chi connectivity index (χ0n) is 13.6. The standard InChI is InChI=1S/C16H24N2O4S/c1-3-23(21,22)12-10-17-16(20)9-11-18(14(2)19)13-15-7-5-4-6-8-15/h4-8H,3,9-13H2,1-2H3,(H,17,20). The van der Waals surface area contributed by atoms with Gasteiger partial charge in [-0.1, -0.05) is 37.3 Å². The molecule has 0 spiro atoms. The van der Waals surface area contributed by atoms with Crippen LogP contribution in [0.15, 0.2) is 30.3 Å². The van der Waals surface area contributed by atoms with Crippen molar-refractivity contribution in [1.29, 1.82) is 0 Å². The van der Waals surface area contributed by atoms with Crippen molar-refractivity contribution in [3.63, 3.8) is 0 Å². The topological polar surface area (TPSA) is 83.6 Å². The maximum atomic E-state index is 11.8. The lowest BCUT2D eigenvalue weighted by Gasteiger charge is -2.21. The molecule has 2 amide bonds. The Bertz CT molecular complexity index is 614. The van der Waals surface area contributed by atoms with Crippen LogP contribution in [0.4, 0.5) is 0 Å². The molecule has 0 saturated carbocycles. The van der Waals surface area contributed by atoms with Crippen molar-refractivity contribution in [2.45, 2.75) is 26.8 Å². The van der Waals surface area contributed by atoms with Gasteiger partial charge in [0.1, 0.15) is 0 Å². The number of nitrogens with zero attached hydrogens (tertiary/aromatic N) is 1. The number of carbonyl (C=O) groups excluding carboxylic acids is 2. The first kappa shape index (κ1) is 19.2. The smallest absolute Gasteiger partial charge is 0.221 e. The molecule has 1 rings (SSSR count). The van der Waals surface area contributed by atoms with Gasteiger partial charge in [-0.05, 0) is 5.56 Å². The molecule has 23 heavy (non-hydrogen) atoms. The molecule has 0 heterocycles. The first-order valence-electron chi connectivity index (χ1n) is 7.60. The van der Waals surface area contributed by atoms with Gasteiger partial charge in [0.2, 0.25) is 11.8 Å². The number of sulfone groups is 1. The van der Waals surface area contributed by atoms with E-state index in [1.807, 2.05) is 30.3 Å². The molecule has 7 heteroatoms. The quantitative estimate of drug-likeness (QED) is 0.726. The summed E-state index contributed by atoms with van der Waals surface area (Å²) in [6, 6.07) is 9.54. The van der Waals surface area contributed by atoms with Crippen molar-refractivity contribution >= 4 is 21.7 Å². The summed E-state index contributed by atoms with van der Waals surface area (Å²) in [5.41, 5.74) is 0.997. The lowest BCUT2D eigenvalue weighted by Crippen LogP contribution is -2.35. The summed E-state index contributed by atoms with van der Waals surface area (Å²) in [6.45, 7) is 3.90. The molecular formula is C16H24N2O4S. The van der Waals surface area contributed by atoms with Crippen LogP contribution in [0.2, 0.25) is 0 Å². The van der Waals surface area contributed by atoms with Gasteiger partial charge in [-0.2, -0.15) is 0 Å². The summed E-state index contributed by atoms with van der Waals surface area (Å²) >= 11 is 0. The minimum Gasteiger partial charge on any atom is -0.355 e. The van der Waals surface area contributed by atoms with Crippen LogP contribution in [0.1, 0.15) is 25.8 Å². The van der Waals surface area contributed by atoms with Gasteiger partial charge in [0.05, 0.1) is 5.75 Å². The van der Waals surface area contributed by atoms with Crippen LogP contribution in [0, 0.1) is 0 Å². The molecule has 0 aliphatic rings. The molecule has 6 nitrogen and oxygen atoms in total. The van der Waals surface area contributed by atoms with Gasteiger partial charge in [-0.3, -0.25) is 9.59 Å². The third-order valence-corrected chi connectivity index (χ3v) is 5.15. The van der Waals surface area contributed by atoms with Gasteiger partial charge in [-0.25, -0.2) is 8.42 Å². The lowest BCUT2D eigenvalue weighted by molar-refractivity contribution is -0.130. The van der Waals surface area contributed by atoms with E-state index in [0.29, 0.717) is 13.1 Å². The molecule has 0 aliphatic heterocycles. The zero-order chi connectivity index (χ0) is 17.3. The van der Waals surface area contributed by atoms with Crippen molar-refractivity contribution in [3.8, 4) is 0 Å². The monoisotopic (exact) mass is 340 g/mol. The Kier molecular flexibility index (Phi) is 7.74. The number of carbonyl (C=O) groups is 2. The van der Waals surface area contributed by atoms with Crippen molar-refractivity contribution in [1.82, 2.24) is 10.2 Å². The molecule has 0 saturated heterocycles. The largest absolute Gasteiger partial charge is 0.355 e. The Hall–Kier alpha value is -1.89. The highest BCUT2D eigenvalue weighted by Gasteiger charge is 2.12. The summed E-state index contributed by atoms with van der Waals surface area (Å²) in [5.74, 6) is -0.348. The molecule has 0 aliphatic carbocycles. The van der Waals surface area contributed by atoms with Crippen LogP contribution in [0.25, 0.3) is 0 Å². The minimum absolute atomic E-state index is 0.0598. The van der Waals surface area contributed by atoms with Crippen LogP contribution >= 0.6 is 0 Å². The minimum atomic E-state index is -3.08. The van der Waals surface area contributed by atoms with Crippen molar-refractivity contribution in [3.05, 3.63) is 35.9 Å². The third-order valence-electron chi connectivity index (χ3n) is 3.45. The summed E-state index contributed by atoms with van der Waals surface area (Å²) in [4.78, 5) is 25.0. The second-order valence-corrected chi connectivity index (χ2v) is 7.74. The van der Waals surface area contributed by atoms with Crippen molar-refractivity contribution < 1.29 is 18.0 Å². The predicted octanol–water partition coefficient (Wildman–Crippen LogP) is 0.976. The number of benzene rings is 1. The van der Waals surface area contributed by atoms with E-state index in [0.717, 1.165) is 5.56 Å². The Labute approximate surface area is 137 Å². The van der Waals surface area contributed by atoms with E-state index in [-0.39, 0.29) is 36.3 Å². The molecule has 0 bridgehead atoms. The highest BCUT2D eigenvalue weighted by atomic mass is 32.2. The molecule has 128 valence electrons. The summed E-state index contributed by atoms with van der Waals surface area (Å²) in [7, 11) is -3.08. The van der Waals surface area contributed by atoms with E-state index in [1.54, 1.807) is 11.8 Å². The van der Waals surface area contributed by atoms with Crippen LogP contribution < -0.4 is 5.32 Å². The normalized spacial score (nSPS) is 11.0. The Morgan fingerprint density at radius 1 is 1.17 bits per heavy atom. The van der Waals surface area contributed by atoms with E-state index in [4.69, 9.17) is 0 Å². The molecule has 0 aromatic heterocycles. The molecule has 1 aromatic rings. The van der Waals surface area contributed by atoms with E-state index < -0.39 is 9.84 Å². The van der Waals surface area contributed by atoms with E-state index in [2.05, 4.69) is 5.32 Å². The van der Waals surface area contributed by atoms with Crippen LogP contribution in [-0.2, 0) is 26.0 Å². The number of hydrogen-bond acceptors (Lipinski definition) is 4. The number of rotatable bonds is 9. The van der Waals surface area contributed by atoms with Gasteiger partial charge in [0.15, 0.2) is 9.84 Å². The molecule has 0 radical (unpaired) electrons. The molecule has 1 N–H and O–H groups in total. The lowest BCUT2D eigenvalue weighted by atomic mass is 10.2. The van der Waals surface area contributed by atoms with E-state index >= 15 is 0 Å². The second-order valence-electron chi connectivity index (χ2n) is 5.26. The molecular weight excluding hydrogens is 316 g/mol. The highest BCUT2D eigenvalue weighted by Crippen LogP contribution is 2.05. The van der Waals surface area contributed by atoms with E-state index in [1.165, 1.54) is 6.92 Å². The maximum Gasteiger partial charge on any atom is 0.221 e. The first-order chi connectivity index (χ1) is 10.8. The van der Waals surface area contributed by atoms with Crippen molar-refractivity contribution in [2.24, 2.45) is 0 Å². The zero-order valence-corrected chi connectivity index (χ0v) is 14.4. The Morgan fingerprint density at radius 3 is 2.39 bits per heavy atom. The number of amides is 2. The SMILES string of the molecule is CCS(=O)(=O)CCNC(=O)CCN(Cc1ccccc1)C(C)=O. The molecule has 0 atom stereocenters. The first-order valence-corrected chi connectivity index (χ1v) is 9.42. The molecule has 0 unspecified atom stereocenters. The van der Waals surface area contributed by atoms with Gasteiger partial charge in [0, 0.05) is 38.7 Å². The van der Waals surface area contributed by atoms with Crippen molar-refractivity contribution in [2.75, 3.05) is 24.6 Å². The Balaban J connectivity index is 2.40. The fraction of sp³-hybridized carbons (Fsp3) is 0.500. The molecule has 0 fully saturated rings. The predicted molar refractivity (Wildman–Crippen MR) is 89.5 cm³/mol. The number of hydrogen-bond donors (Lipinski definition) is 1. The van der Waals surface area contributed by atoms with Crippen LogP contribution in [0.3, 0.4) is 0 Å².